The molecule has 1 saturated carbocycles. The molecule has 0 amide bonds. The van der Waals surface area contributed by atoms with Crippen LogP contribution in [0.2, 0.25) is 0 Å². The average Bonchev–Trinajstić information content (AvgIpc) is 3.18. The van der Waals surface area contributed by atoms with Gasteiger partial charge in [-0.2, -0.15) is 0 Å². The zero-order valence-corrected chi connectivity index (χ0v) is 16.5. The van der Waals surface area contributed by atoms with Crippen molar-refractivity contribution in [1.29, 1.82) is 0 Å². The first-order valence-corrected chi connectivity index (χ1v) is 10.2. The molecule has 3 aromatic heterocycles. The van der Waals surface area contributed by atoms with E-state index in [1.165, 1.54) is 0 Å². The van der Waals surface area contributed by atoms with E-state index in [1.807, 2.05) is 42.2 Å². The molecule has 0 unspecified atom stereocenters. The Balaban J connectivity index is 1.42. The quantitative estimate of drug-likeness (QED) is 0.496. The highest BCUT2D eigenvalue weighted by Crippen LogP contribution is 2.28. The van der Waals surface area contributed by atoms with E-state index in [-0.39, 0.29) is 0 Å². The van der Waals surface area contributed by atoms with Crippen LogP contribution in [-0.4, -0.2) is 38.0 Å². The molecule has 29 heavy (non-hydrogen) atoms. The van der Waals surface area contributed by atoms with Crippen LogP contribution in [0, 0.1) is 0 Å². The Morgan fingerprint density at radius 2 is 2.03 bits per heavy atom. The summed E-state index contributed by atoms with van der Waals surface area (Å²) in [6.45, 7) is 2.83. The van der Waals surface area contributed by atoms with Gasteiger partial charge < -0.3 is 4.74 Å². The molecule has 146 valence electrons. The molecule has 5 rings (SSSR count). The Morgan fingerprint density at radius 1 is 1.14 bits per heavy atom. The molecule has 1 fully saturated rings. The number of ether oxygens (including phenoxy) is 1. The molecule has 0 bridgehead atoms. The highest BCUT2D eigenvalue weighted by Gasteiger charge is 2.18. The fourth-order valence-electron chi connectivity index (χ4n) is 4.01. The second-order valence-corrected chi connectivity index (χ2v) is 7.36. The van der Waals surface area contributed by atoms with Gasteiger partial charge in [-0.25, -0.2) is 14.5 Å². The van der Waals surface area contributed by atoms with Crippen LogP contribution in [-0.2, 0) is 4.74 Å². The zero-order valence-electron chi connectivity index (χ0n) is 16.5. The first-order valence-electron chi connectivity index (χ1n) is 10.2. The molecule has 0 aliphatic heterocycles. The van der Waals surface area contributed by atoms with E-state index in [9.17, 15) is 0 Å². The minimum Gasteiger partial charge on any atom is -0.378 e. The summed E-state index contributed by atoms with van der Waals surface area (Å²) < 4.78 is 7.58. The molecule has 1 aromatic carbocycles. The number of aromatic nitrogens is 4. The molecule has 6 heteroatoms. The highest BCUT2D eigenvalue weighted by molar-refractivity contribution is 5.89. The van der Waals surface area contributed by atoms with E-state index in [1.54, 1.807) is 0 Å². The fraction of sp³-hybridized carbons (Fsp3) is 0.304. The van der Waals surface area contributed by atoms with Gasteiger partial charge in [0.2, 0.25) is 0 Å². The zero-order chi connectivity index (χ0) is 19.6. The lowest BCUT2D eigenvalue weighted by Crippen LogP contribution is -2.21. The van der Waals surface area contributed by atoms with Crippen molar-refractivity contribution < 1.29 is 4.74 Å². The number of hydrogen-bond donors (Lipinski definition) is 0. The third-order valence-corrected chi connectivity index (χ3v) is 5.49. The van der Waals surface area contributed by atoms with Crippen LogP contribution in [0.5, 0.6) is 0 Å². The predicted molar refractivity (Wildman–Crippen MR) is 115 cm³/mol. The monoisotopic (exact) mass is 385 g/mol. The third-order valence-electron chi connectivity index (χ3n) is 5.49. The van der Waals surface area contributed by atoms with E-state index >= 15 is 0 Å². The van der Waals surface area contributed by atoms with Gasteiger partial charge in [-0.3, -0.25) is 4.98 Å². The van der Waals surface area contributed by atoms with Crippen molar-refractivity contribution >= 4 is 28.1 Å². The van der Waals surface area contributed by atoms with Gasteiger partial charge in [0.25, 0.3) is 5.95 Å². The topological polar surface area (TPSA) is 64.7 Å². The number of rotatable bonds is 4. The van der Waals surface area contributed by atoms with Gasteiger partial charge in [-0.15, -0.1) is 5.10 Å². The fourth-order valence-corrected chi connectivity index (χ4v) is 4.01. The van der Waals surface area contributed by atoms with Gasteiger partial charge in [0, 0.05) is 35.7 Å². The van der Waals surface area contributed by atoms with E-state index in [4.69, 9.17) is 9.73 Å². The smallest absolute Gasteiger partial charge is 0.267 e. The number of aliphatic imine (C=N–C) groups is 1. The summed E-state index contributed by atoms with van der Waals surface area (Å²) in [7, 11) is 0. The Morgan fingerprint density at radius 3 is 2.90 bits per heavy atom. The number of benzene rings is 1. The summed E-state index contributed by atoms with van der Waals surface area (Å²) in [4.78, 5) is 13.6. The molecule has 0 saturated heterocycles. The van der Waals surface area contributed by atoms with Crippen LogP contribution in [0.1, 0.15) is 32.6 Å². The Labute approximate surface area is 169 Å². The summed E-state index contributed by atoms with van der Waals surface area (Å²) in [5.74, 6) is 0.521. The molecule has 0 N–H and O–H groups in total. The lowest BCUT2D eigenvalue weighted by atomic mass is 9.96. The molecule has 1 aliphatic rings. The largest absolute Gasteiger partial charge is 0.378 e. The molecule has 0 atom stereocenters. The van der Waals surface area contributed by atoms with Crippen LogP contribution < -0.4 is 0 Å². The average molecular weight is 385 g/mol. The standard InChI is InChI=1S/C23H23N5O/c1-2-29-19-8-6-18(7-9-19)26-23-25-15-22-20(11-13-28(22)27-23)16-5-10-21-17(14-16)4-3-12-24-21/h3-5,10-15,19H,2,6-9H2,1H3. The van der Waals surface area contributed by atoms with Gasteiger partial charge in [-0.05, 0) is 62.4 Å². The van der Waals surface area contributed by atoms with Crippen molar-refractivity contribution in [3.05, 3.63) is 55.0 Å². The van der Waals surface area contributed by atoms with Crippen molar-refractivity contribution in [2.45, 2.75) is 38.7 Å². The van der Waals surface area contributed by atoms with E-state index in [0.29, 0.717) is 12.1 Å². The molecule has 6 nitrogen and oxygen atoms in total. The predicted octanol–water partition coefficient (Wildman–Crippen LogP) is 5.00. The molecule has 0 spiro atoms. The van der Waals surface area contributed by atoms with Crippen molar-refractivity contribution in [1.82, 2.24) is 19.6 Å². The van der Waals surface area contributed by atoms with Crippen LogP contribution in [0.4, 0.5) is 5.95 Å². The summed E-state index contributed by atoms with van der Waals surface area (Å²) >= 11 is 0. The van der Waals surface area contributed by atoms with Gasteiger partial charge >= 0.3 is 0 Å². The number of hydrogen-bond acceptors (Lipinski definition) is 5. The van der Waals surface area contributed by atoms with E-state index in [0.717, 1.165) is 65.5 Å². The summed E-state index contributed by atoms with van der Waals surface area (Å²) in [5, 5.41) is 5.73. The molecular formula is C23H23N5O. The Kier molecular flexibility index (Phi) is 4.77. The van der Waals surface area contributed by atoms with Crippen molar-refractivity contribution in [3.63, 3.8) is 0 Å². The van der Waals surface area contributed by atoms with E-state index < -0.39 is 0 Å². The maximum atomic E-state index is 5.72. The Hall–Kier alpha value is -3.12. The summed E-state index contributed by atoms with van der Waals surface area (Å²) in [6, 6.07) is 12.4. The molecule has 0 radical (unpaired) electrons. The van der Waals surface area contributed by atoms with E-state index in [2.05, 4.69) is 39.3 Å². The van der Waals surface area contributed by atoms with Crippen LogP contribution in [0.25, 0.3) is 27.5 Å². The molecule has 4 aromatic rings. The van der Waals surface area contributed by atoms with Crippen LogP contribution >= 0.6 is 0 Å². The van der Waals surface area contributed by atoms with Crippen LogP contribution in [0.15, 0.2) is 60.0 Å². The summed E-state index contributed by atoms with van der Waals surface area (Å²) in [6.07, 6.45) is 9.97. The van der Waals surface area contributed by atoms with Crippen molar-refractivity contribution in [3.8, 4) is 11.1 Å². The molecule has 1 aliphatic carbocycles. The first kappa shape index (κ1) is 17.9. The third kappa shape index (κ3) is 3.63. The Bertz CT molecular complexity index is 1190. The maximum Gasteiger partial charge on any atom is 0.267 e. The van der Waals surface area contributed by atoms with Gasteiger partial charge in [0.1, 0.15) is 0 Å². The highest BCUT2D eigenvalue weighted by atomic mass is 16.5. The van der Waals surface area contributed by atoms with Crippen molar-refractivity contribution in [2.75, 3.05) is 6.61 Å². The summed E-state index contributed by atoms with van der Waals surface area (Å²) in [5.41, 5.74) is 5.36. The number of pyridine rings is 1. The number of fused-ring (bicyclic) bond motifs is 2. The van der Waals surface area contributed by atoms with Gasteiger partial charge in [0.15, 0.2) is 0 Å². The lowest BCUT2D eigenvalue weighted by Gasteiger charge is -2.22. The molecular weight excluding hydrogens is 362 g/mol. The maximum absolute atomic E-state index is 5.72. The van der Waals surface area contributed by atoms with Crippen LogP contribution in [0.3, 0.4) is 0 Å². The second kappa shape index (κ2) is 7.72. The second-order valence-electron chi connectivity index (χ2n) is 7.36. The molecule has 3 heterocycles. The van der Waals surface area contributed by atoms with Gasteiger partial charge in [-0.1, -0.05) is 12.1 Å². The first-order chi connectivity index (χ1) is 14.3. The minimum atomic E-state index is 0.367. The lowest BCUT2D eigenvalue weighted by molar-refractivity contribution is 0.0493. The SMILES string of the molecule is CCOC1CCC(=Nc2ncc3c(-c4ccc5ncccc5c4)ccn3n2)CC1. The number of nitrogens with zero attached hydrogens (tertiary/aromatic N) is 5. The van der Waals surface area contributed by atoms with Gasteiger partial charge in [0.05, 0.1) is 23.3 Å². The minimum absolute atomic E-state index is 0.367. The van der Waals surface area contributed by atoms with Crippen molar-refractivity contribution in [2.24, 2.45) is 4.99 Å². The normalized spacial score (nSPS) is 17.1.